The van der Waals surface area contributed by atoms with Crippen molar-refractivity contribution in [2.45, 2.75) is 52.4 Å². The van der Waals surface area contributed by atoms with Crippen molar-refractivity contribution in [3.63, 3.8) is 0 Å². The second-order valence-corrected chi connectivity index (χ2v) is 4.12. The fourth-order valence-electron chi connectivity index (χ4n) is 2.01. The number of rotatable bonds is 6. The molecule has 0 N–H and O–H groups in total. The Balaban J connectivity index is 2.66. The van der Waals surface area contributed by atoms with E-state index < -0.39 is 0 Å². The summed E-state index contributed by atoms with van der Waals surface area (Å²) in [5.74, 6) is 0. The summed E-state index contributed by atoms with van der Waals surface area (Å²) in [5.41, 5.74) is 4.54. The Labute approximate surface area is 94.7 Å². The van der Waals surface area contributed by atoms with E-state index >= 15 is 0 Å². The van der Waals surface area contributed by atoms with Crippen molar-refractivity contribution in [3.8, 4) is 0 Å². The normalized spacial score (nSPS) is 10.6. The maximum atomic E-state index is 3.88. The molecular formula is C15H23. The summed E-state index contributed by atoms with van der Waals surface area (Å²) in [6.45, 7) is 8.36. The van der Waals surface area contributed by atoms with E-state index in [0.717, 1.165) is 19.3 Å². The average Bonchev–Trinajstić information content (AvgIpc) is 2.29. The van der Waals surface area contributed by atoms with Crippen LogP contribution in [0.4, 0.5) is 0 Å². The summed E-state index contributed by atoms with van der Waals surface area (Å²) in [4.78, 5) is 0. The fourth-order valence-corrected chi connectivity index (χ4v) is 2.01. The molecule has 0 heteroatoms. The fraction of sp³-hybridized carbons (Fsp3) is 0.533. The van der Waals surface area contributed by atoms with Gasteiger partial charge in [0.1, 0.15) is 0 Å². The quantitative estimate of drug-likeness (QED) is 0.603. The highest BCUT2D eigenvalue weighted by Crippen LogP contribution is 2.15. The number of aryl methyl sites for hydroxylation is 3. The summed E-state index contributed by atoms with van der Waals surface area (Å²) in [7, 11) is 0. The van der Waals surface area contributed by atoms with Gasteiger partial charge in [0.2, 0.25) is 0 Å². The summed E-state index contributed by atoms with van der Waals surface area (Å²) in [6.07, 6.45) is 7.12. The van der Waals surface area contributed by atoms with Crippen LogP contribution in [0, 0.1) is 6.92 Å². The van der Waals surface area contributed by atoms with E-state index in [4.69, 9.17) is 0 Å². The molecule has 1 rings (SSSR count). The van der Waals surface area contributed by atoms with Crippen molar-refractivity contribution >= 4 is 0 Å². The van der Waals surface area contributed by atoms with Crippen LogP contribution in [0.2, 0.25) is 0 Å². The Kier molecular flexibility index (Phi) is 5.45. The molecule has 0 bridgehead atoms. The SMILES string of the molecule is [CH2]CCCCc1ccc(CC)c(CC)c1. The van der Waals surface area contributed by atoms with Crippen LogP contribution in [-0.2, 0) is 19.3 Å². The highest BCUT2D eigenvalue weighted by Gasteiger charge is 2.00. The van der Waals surface area contributed by atoms with E-state index in [9.17, 15) is 0 Å². The van der Waals surface area contributed by atoms with Crippen LogP contribution < -0.4 is 0 Å². The van der Waals surface area contributed by atoms with Crippen LogP contribution in [0.1, 0.15) is 49.8 Å². The van der Waals surface area contributed by atoms with Crippen molar-refractivity contribution in [3.05, 3.63) is 41.8 Å². The average molecular weight is 203 g/mol. The lowest BCUT2D eigenvalue weighted by Crippen LogP contribution is -1.94. The largest absolute Gasteiger partial charge is 0.0613 e. The van der Waals surface area contributed by atoms with Crippen LogP contribution >= 0.6 is 0 Å². The minimum Gasteiger partial charge on any atom is -0.0613 e. The van der Waals surface area contributed by atoms with Gasteiger partial charge in [-0.25, -0.2) is 0 Å². The molecule has 0 saturated heterocycles. The lowest BCUT2D eigenvalue weighted by atomic mass is 9.97. The summed E-state index contributed by atoms with van der Waals surface area (Å²) < 4.78 is 0. The summed E-state index contributed by atoms with van der Waals surface area (Å²) >= 11 is 0. The molecule has 0 aliphatic heterocycles. The number of hydrogen-bond acceptors (Lipinski definition) is 0. The Morgan fingerprint density at radius 2 is 1.73 bits per heavy atom. The highest BCUT2D eigenvalue weighted by atomic mass is 14.1. The van der Waals surface area contributed by atoms with Gasteiger partial charge in [0, 0.05) is 0 Å². The Hall–Kier alpha value is -0.780. The van der Waals surface area contributed by atoms with Gasteiger partial charge in [-0.1, -0.05) is 51.8 Å². The maximum absolute atomic E-state index is 3.88. The zero-order valence-electron chi connectivity index (χ0n) is 10.2. The predicted octanol–water partition coefficient (Wildman–Crippen LogP) is 4.36. The lowest BCUT2D eigenvalue weighted by molar-refractivity contribution is 0.745. The van der Waals surface area contributed by atoms with Crippen LogP contribution in [0.5, 0.6) is 0 Å². The van der Waals surface area contributed by atoms with Crippen LogP contribution in [0.15, 0.2) is 18.2 Å². The monoisotopic (exact) mass is 203 g/mol. The molecule has 0 aliphatic carbocycles. The minimum atomic E-state index is 1.06. The number of unbranched alkanes of at least 4 members (excludes halogenated alkanes) is 2. The molecule has 0 saturated carbocycles. The van der Waals surface area contributed by atoms with Crippen LogP contribution in [0.3, 0.4) is 0 Å². The molecule has 0 fully saturated rings. The maximum Gasteiger partial charge on any atom is -0.0279 e. The first-order chi connectivity index (χ1) is 7.31. The van der Waals surface area contributed by atoms with Gasteiger partial charge in [-0.3, -0.25) is 0 Å². The molecule has 0 aliphatic rings. The van der Waals surface area contributed by atoms with Gasteiger partial charge in [-0.05, 0) is 42.4 Å². The zero-order chi connectivity index (χ0) is 11.1. The van der Waals surface area contributed by atoms with Crippen molar-refractivity contribution in [1.29, 1.82) is 0 Å². The second kappa shape index (κ2) is 6.66. The molecule has 1 radical (unpaired) electrons. The smallest absolute Gasteiger partial charge is 0.0279 e. The van der Waals surface area contributed by atoms with Gasteiger partial charge in [0.25, 0.3) is 0 Å². The Morgan fingerprint density at radius 3 is 2.33 bits per heavy atom. The summed E-state index contributed by atoms with van der Waals surface area (Å²) in [6, 6.07) is 6.99. The topological polar surface area (TPSA) is 0 Å². The van der Waals surface area contributed by atoms with E-state index in [1.807, 2.05) is 0 Å². The van der Waals surface area contributed by atoms with Gasteiger partial charge < -0.3 is 0 Å². The molecule has 0 atom stereocenters. The van der Waals surface area contributed by atoms with E-state index in [1.165, 1.54) is 36.0 Å². The third-order valence-electron chi connectivity index (χ3n) is 3.00. The molecule has 1 aromatic rings. The molecule has 0 spiro atoms. The molecule has 0 aromatic heterocycles. The summed E-state index contributed by atoms with van der Waals surface area (Å²) in [5, 5.41) is 0. The first-order valence-corrected chi connectivity index (χ1v) is 6.21. The third-order valence-corrected chi connectivity index (χ3v) is 3.00. The molecule has 0 amide bonds. The van der Waals surface area contributed by atoms with E-state index in [2.05, 4.69) is 39.0 Å². The van der Waals surface area contributed by atoms with Crippen molar-refractivity contribution in [2.24, 2.45) is 0 Å². The molecule has 15 heavy (non-hydrogen) atoms. The lowest BCUT2D eigenvalue weighted by Gasteiger charge is -2.08. The number of hydrogen-bond donors (Lipinski definition) is 0. The van der Waals surface area contributed by atoms with Gasteiger partial charge in [-0.15, -0.1) is 0 Å². The second-order valence-electron chi connectivity index (χ2n) is 4.12. The molecule has 83 valence electrons. The predicted molar refractivity (Wildman–Crippen MR) is 68.1 cm³/mol. The van der Waals surface area contributed by atoms with Gasteiger partial charge in [0.15, 0.2) is 0 Å². The van der Waals surface area contributed by atoms with Gasteiger partial charge >= 0.3 is 0 Å². The van der Waals surface area contributed by atoms with Gasteiger partial charge in [-0.2, -0.15) is 0 Å². The third kappa shape index (κ3) is 3.70. The molecule has 1 aromatic carbocycles. The van der Waals surface area contributed by atoms with E-state index in [-0.39, 0.29) is 0 Å². The zero-order valence-corrected chi connectivity index (χ0v) is 10.2. The molecular weight excluding hydrogens is 180 g/mol. The highest BCUT2D eigenvalue weighted by molar-refractivity contribution is 5.32. The van der Waals surface area contributed by atoms with Crippen molar-refractivity contribution in [2.75, 3.05) is 0 Å². The standard InChI is InChI=1S/C15H23/c1-4-7-8-9-13-10-11-14(5-2)15(6-3)12-13/h10-12H,1,4-9H2,2-3H3. The Morgan fingerprint density at radius 1 is 1.00 bits per heavy atom. The first kappa shape index (κ1) is 12.3. The number of benzene rings is 1. The van der Waals surface area contributed by atoms with Crippen LogP contribution in [0.25, 0.3) is 0 Å². The first-order valence-electron chi connectivity index (χ1n) is 6.21. The van der Waals surface area contributed by atoms with Gasteiger partial charge in [0.05, 0.1) is 0 Å². The van der Waals surface area contributed by atoms with E-state index in [1.54, 1.807) is 0 Å². The Bertz CT molecular complexity index is 286. The minimum absolute atomic E-state index is 1.06. The van der Waals surface area contributed by atoms with Crippen LogP contribution in [-0.4, -0.2) is 0 Å². The molecule has 0 unspecified atom stereocenters. The van der Waals surface area contributed by atoms with Crippen molar-refractivity contribution < 1.29 is 0 Å². The molecule has 0 nitrogen and oxygen atoms in total. The van der Waals surface area contributed by atoms with E-state index in [0.29, 0.717) is 0 Å². The molecule has 0 heterocycles. The van der Waals surface area contributed by atoms with Crippen molar-refractivity contribution in [1.82, 2.24) is 0 Å².